The van der Waals surface area contributed by atoms with Gasteiger partial charge in [-0.1, -0.05) is 65.7 Å². The summed E-state index contributed by atoms with van der Waals surface area (Å²) < 4.78 is 7.03. The standard InChI is InChI=1S/C35H33Cl2N5O5/c1-47-33-22(17-38-12-15-43)8-9-29(40-33)28-7-3-6-27(32(28)37)26-5-2-4-25(31(26)36)21-11-14-42-30(16-21)39-18-24(34(42)44)20-41-13-10-23(19-41)35(45)46/h2-9,11,14,16,18,23,38,43H,10,12-13,15,17,19-20H2,1H3,(H,45,46). The summed E-state index contributed by atoms with van der Waals surface area (Å²) in [4.78, 5) is 35.9. The van der Waals surface area contributed by atoms with Crippen LogP contribution in [0.25, 0.3) is 39.2 Å². The highest BCUT2D eigenvalue weighted by Crippen LogP contribution is 2.42. The van der Waals surface area contributed by atoms with Gasteiger partial charge in [-0.3, -0.25) is 18.9 Å². The molecule has 1 atom stereocenters. The third-order valence-electron chi connectivity index (χ3n) is 8.41. The van der Waals surface area contributed by atoms with Crippen LogP contribution < -0.4 is 15.6 Å². The minimum absolute atomic E-state index is 0.0384. The van der Waals surface area contributed by atoms with Gasteiger partial charge in [0.2, 0.25) is 5.88 Å². The topological polar surface area (TPSA) is 129 Å². The maximum Gasteiger partial charge on any atom is 0.307 e. The number of aliphatic carboxylic acids is 1. The number of rotatable bonds is 11. The van der Waals surface area contributed by atoms with E-state index in [1.807, 2.05) is 65.6 Å². The minimum atomic E-state index is -0.807. The Morgan fingerprint density at radius 3 is 2.45 bits per heavy atom. The summed E-state index contributed by atoms with van der Waals surface area (Å²) in [5.41, 5.74) is 6.01. The van der Waals surface area contributed by atoms with Gasteiger partial charge in [0.15, 0.2) is 0 Å². The van der Waals surface area contributed by atoms with Crippen LogP contribution in [0.5, 0.6) is 5.88 Å². The van der Waals surface area contributed by atoms with E-state index in [9.17, 15) is 14.7 Å². The lowest BCUT2D eigenvalue weighted by atomic mass is 9.97. The van der Waals surface area contributed by atoms with Crippen molar-refractivity contribution < 1.29 is 19.7 Å². The molecule has 3 aromatic heterocycles. The molecule has 12 heteroatoms. The SMILES string of the molecule is COc1nc(-c2cccc(-c3cccc(-c4ccn5c(=O)c(CN6CCC(C(=O)O)C6)cnc5c4)c3Cl)c2Cl)ccc1CNCCO. The first-order valence-electron chi connectivity index (χ1n) is 15.2. The highest BCUT2D eigenvalue weighted by atomic mass is 35.5. The number of carbonyl (C=O) groups is 1. The van der Waals surface area contributed by atoms with Crippen molar-refractivity contribution in [2.45, 2.75) is 19.5 Å². The number of carboxylic acids is 1. The predicted molar refractivity (Wildman–Crippen MR) is 182 cm³/mol. The van der Waals surface area contributed by atoms with E-state index in [-0.39, 0.29) is 12.2 Å². The van der Waals surface area contributed by atoms with Gasteiger partial charge in [0.25, 0.3) is 5.56 Å². The van der Waals surface area contributed by atoms with Gasteiger partial charge in [0, 0.05) is 66.4 Å². The van der Waals surface area contributed by atoms with Crippen molar-refractivity contribution in [2.24, 2.45) is 5.92 Å². The van der Waals surface area contributed by atoms with Crippen molar-refractivity contribution in [1.29, 1.82) is 0 Å². The number of benzene rings is 2. The fourth-order valence-corrected chi connectivity index (χ4v) is 6.60. The third-order valence-corrected chi connectivity index (χ3v) is 9.22. The molecule has 242 valence electrons. The summed E-state index contributed by atoms with van der Waals surface area (Å²) >= 11 is 14.1. The highest BCUT2D eigenvalue weighted by Gasteiger charge is 2.28. The summed E-state index contributed by atoms with van der Waals surface area (Å²) in [7, 11) is 1.56. The molecule has 47 heavy (non-hydrogen) atoms. The van der Waals surface area contributed by atoms with Crippen LogP contribution in [0.2, 0.25) is 10.0 Å². The van der Waals surface area contributed by atoms with Gasteiger partial charge < -0.3 is 20.3 Å². The molecule has 10 nitrogen and oxygen atoms in total. The summed E-state index contributed by atoms with van der Waals surface area (Å²) in [5, 5.41) is 22.5. The number of fused-ring (bicyclic) bond motifs is 1. The van der Waals surface area contributed by atoms with E-state index in [1.165, 1.54) is 4.40 Å². The average molecular weight is 675 g/mol. The number of aliphatic hydroxyl groups excluding tert-OH is 1. The van der Waals surface area contributed by atoms with Gasteiger partial charge in [-0.05, 0) is 36.7 Å². The number of carboxylic acid groups (broad SMARTS) is 1. The van der Waals surface area contributed by atoms with E-state index >= 15 is 0 Å². The Bertz CT molecular complexity index is 2020. The maximum atomic E-state index is 13.3. The van der Waals surface area contributed by atoms with Gasteiger partial charge >= 0.3 is 5.97 Å². The molecule has 0 bridgehead atoms. The van der Waals surface area contributed by atoms with Crippen molar-refractivity contribution in [3.8, 4) is 39.4 Å². The van der Waals surface area contributed by atoms with Crippen LogP contribution in [0.1, 0.15) is 17.5 Å². The van der Waals surface area contributed by atoms with Gasteiger partial charge in [-0.25, -0.2) is 9.97 Å². The molecule has 3 N–H and O–H groups in total. The number of hydrogen-bond donors (Lipinski definition) is 3. The molecule has 0 aliphatic carbocycles. The Morgan fingerprint density at radius 2 is 1.74 bits per heavy atom. The fraction of sp³-hybridized carbons (Fsp3) is 0.257. The van der Waals surface area contributed by atoms with E-state index in [0.29, 0.717) is 72.0 Å². The second-order valence-electron chi connectivity index (χ2n) is 11.4. The predicted octanol–water partition coefficient (Wildman–Crippen LogP) is 5.39. The number of nitrogens with zero attached hydrogens (tertiary/aromatic N) is 4. The maximum absolute atomic E-state index is 13.3. The quantitative estimate of drug-likeness (QED) is 0.158. The molecule has 5 aromatic rings. The van der Waals surface area contributed by atoms with Crippen LogP contribution in [0.15, 0.2) is 77.9 Å². The Hall–Kier alpha value is -4.32. The van der Waals surface area contributed by atoms with E-state index in [4.69, 9.17) is 38.0 Å². The highest BCUT2D eigenvalue weighted by molar-refractivity contribution is 6.39. The second-order valence-corrected chi connectivity index (χ2v) is 12.1. The Morgan fingerprint density at radius 1 is 1.02 bits per heavy atom. The van der Waals surface area contributed by atoms with Crippen molar-refractivity contribution in [1.82, 2.24) is 24.6 Å². The molecule has 0 spiro atoms. The van der Waals surface area contributed by atoms with Crippen LogP contribution in [0.3, 0.4) is 0 Å². The number of nitrogens with one attached hydrogen (secondary N) is 1. The van der Waals surface area contributed by atoms with Crippen LogP contribution in [0.4, 0.5) is 0 Å². The number of ether oxygens (including phenoxy) is 1. The summed E-state index contributed by atoms with van der Waals surface area (Å²) in [5.74, 6) is -0.754. The van der Waals surface area contributed by atoms with E-state index in [1.54, 1.807) is 19.5 Å². The Balaban J connectivity index is 1.29. The van der Waals surface area contributed by atoms with Gasteiger partial charge in [0.1, 0.15) is 5.65 Å². The summed E-state index contributed by atoms with van der Waals surface area (Å²) in [6.07, 6.45) is 3.83. The van der Waals surface area contributed by atoms with Gasteiger partial charge in [0.05, 0.1) is 40.9 Å². The lowest BCUT2D eigenvalue weighted by Crippen LogP contribution is -2.28. The largest absolute Gasteiger partial charge is 0.481 e. The lowest BCUT2D eigenvalue weighted by molar-refractivity contribution is -0.141. The van der Waals surface area contributed by atoms with E-state index in [2.05, 4.69) is 10.3 Å². The van der Waals surface area contributed by atoms with Crippen LogP contribution in [-0.4, -0.2) is 68.8 Å². The van der Waals surface area contributed by atoms with Crippen molar-refractivity contribution in [3.63, 3.8) is 0 Å². The molecule has 1 fully saturated rings. The Kier molecular flexibility index (Phi) is 9.86. The monoisotopic (exact) mass is 673 g/mol. The van der Waals surface area contributed by atoms with Crippen LogP contribution in [-0.2, 0) is 17.9 Å². The number of likely N-dealkylation sites (tertiary alicyclic amines) is 1. The summed E-state index contributed by atoms with van der Waals surface area (Å²) in [6.45, 7) is 2.39. The first kappa shape index (κ1) is 32.6. The second kappa shape index (κ2) is 14.2. The van der Waals surface area contributed by atoms with Crippen molar-refractivity contribution in [2.75, 3.05) is 33.4 Å². The number of aromatic nitrogens is 3. The molecule has 0 amide bonds. The molecule has 4 heterocycles. The van der Waals surface area contributed by atoms with Crippen LogP contribution in [0, 0.1) is 5.92 Å². The number of halogens is 2. The fourth-order valence-electron chi connectivity index (χ4n) is 5.94. The number of aliphatic hydroxyl groups is 1. The normalized spacial score (nSPS) is 14.9. The molecule has 1 aliphatic rings. The number of methoxy groups -OCH3 is 1. The number of hydrogen-bond acceptors (Lipinski definition) is 8. The van der Waals surface area contributed by atoms with Crippen molar-refractivity contribution >= 4 is 34.8 Å². The van der Waals surface area contributed by atoms with Crippen molar-refractivity contribution in [3.05, 3.63) is 105 Å². The zero-order valence-corrected chi connectivity index (χ0v) is 27.1. The van der Waals surface area contributed by atoms with Gasteiger partial charge in [-0.2, -0.15) is 0 Å². The zero-order chi connectivity index (χ0) is 33.1. The van der Waals surface area contributed by atoms with Gasteiger partial charge in [-0.15, -0.1) is 0 Å². The molecular formula is C35H33Cl2N5O5. The first-order chi connectivity index (χ1) is 22.8. The van der Waals surface area contributed by atoms with E-state index in [0.717, 1.165) is 33.4 Å². The van der Waals surface area contributed by atoms with E-state index < -0.39 is 11.9 Å². The molecule has 0 saturated carbocycles. The molecule has 1 unspecified atom stereocenters. The molecule has 0 radical (unpaired) electrons. The third kappa shape index (κ3) is 6.74. The zero-order valence-electron chi connectivity index (χ0n) is 25.6. The molecule has 1 saturated heterocycles. The first-order valence-corrected chi connectivity index (χ1v) is 15.9. The Labute approximate surface area is 281 Å². The summed E-state index contributed by atoms with van der Waals surface area (Å²) in [6, 6.07) is 18.9. The van der Waals surface area contributed by atoms with Crippen LogP contribution >= 0.6 is 23.2 Å². The molecule has 1 aliphatic heterocycles. The molecule has 2 aromatic carbocycles. The molecular weight excluding hydrogens is 641 g/mol. The average Bonchev–Trinajstić information content (AvgIpc) is 3.56. The minimum Gasteiger partial charge on any atom is -0.481 e. The lowest BCUT2D eigenvalue weighted by Gasteiger charge is -2.16. The smallest absolute Gasteiger partial charge is 0.307 e. The molecule has 6 rings (SSSR count). The number of pyridine rings is 2.